The first kappa shape index (κ1) is 15.3. The second-order valence-corrected chi connectivity index (χ2v) is 3.69. The largest absolute Gasteiger partial charge is 0.422 e. The van der Waals surface area contributed by atoms with Gasteiger partial charge in [-0.15, -0.1) is 0 Å². The van der Waals surface area contributed by atoms with Gasteiger partial charge in [-0.05, 0) is 0 Å². The van der Waals surface area contributed by atoms with Crippen molar-refractivity contribution in [2.24, 2.45) is 4.99 Å². The molecule has 19 heavy (non-hydrogen) atoms. The zero-order valence-corrected chi connectivity index (χ0v) is 9.62. The summed E-state index contributed by atoms with van der Waals surface area (Å²) in [6, 6.07) is 0. The highest BCUT2D eigenvalue weighted by molar-refractivity contribution is 5.62. The van der Waals surface area contributed by atoms with Crippen molar-refractivity contribution in [3.05, 3.63) is 28.8 Å². The van der Waals surface area contributed by atoms with Crippen LogP contribution in [0.1, 0.15) is 5.56 Å². The number of halogens is 7. The minimum Gasteiger partial charge on any atom is -0.369 e. The molecular formula is C10H7F7N2. The molecule has 0 aliphatic rings. The van der Waals surface area contributed by atoms with Crippen LogP contribution >= 0.6 is 0 Å². The average Bonchev–Trinajstić information content (AvgIpc) is 2.24. The van der Waals surface area contributed by atoms with Gasteiger partial charge in [0.15, 0.2) is 23.3 Å². The average molecular weight is 288 g/mol. The van der Waals surface area contributed by atoms with Gasteiger partial charge < -0.3 is 4.90 Å². The molecule has 0 fully saturated rings. The van der Waals surface area contributed by atoms with Crippen LogP contribution in [0.5, 0.6) is 0 Å². The molecule has 0 saturated carbocycles. The van der Waals surface area contributed by atoms with Gasteiger partial charge in [-0.1, -0.05) is 0 Å². The summed E-state index contributed by atoms with van der Waals surface area (Å²) in [7, 11) is 2.77. The second kappa shape index (κ2) is 5.06. The molecule has 9 heteroatoms. The van der Waals surface area contributed by atoms with Gasteiger partial charge in [0.2, 0.25) is 0 Å². The maximum absolute atomic E-state index is 13.3. The van der Waals surface area contributed by atoms with Crippen LogP contribution in [0.15, 0.2) is 4.99 Å². The molecule has 0 spiro atoms. The molecule has 1 aromatic carbocycles. The zero-order chi connectivity index (χ0) is 15.0. The number of nitrogens with zero attached hydrogens (tertiary/aromatic N) is 2. The van der Waals surface area contributed by atoms with Gasteiger partial charge in [-0.2, -0.15) is 13.2 Å². The summed E-state index contributed by atoms with van der Waals surface area (Å²) in [5.74, 6) is -9.47. The number of aliphatic imine (C=N–C) groups is 1. The van der Waals surface area contributed by atoms with Crippen LogP contribution in [-0.2, 0) is 6.18 Å². The summed E-state index contributed by atoms with van der Waals surface area (Å²) < 4.78 is 89.6. The van der Waals surface area contributed by atoms with E-state index < -0.39 is 40.7 Å². The molecule has 0 radical (unpaired) electrons. The highest BCUT2D eigenvalue weighted by atomic mass is 19.4. The Morgan fingerprint density at radius 2 is 1.32 bits per heavy atom. The van der Waals surface area contributed by atoms with Gasteiger partial charge >= 0.3 is 6.18 Å². The number of alkyl halides is 3. The number of hydrogen-bond donors (Lipinski definition) is 0. The molecule has 2 nitrogen and oxygen atoms in total. The SMILES string of the molecule is CN(C)C=Nc1c(F)c(F)c(C(F)(F)F)c(F)c1F. The predicted octanol–water partition coefficient (Wildman–Crippen LogP) is 3.48. The molecule has 0 amide bonds. The number of hydrogen-bond acceptors (Lipinski definition) is 1. The molecule has 106 valence electrons. The molecule has 0 unspecified atom stereocenters. The van der Waals surface area contributed by atoms with Gasteiger partial charge in [0, 0.05) is 14.1 Å². The van der Waals surface area contributed by atoms with Crippen LogP contribution in [0.4, 0.5) is 36.4 Å². The van der Waals surface area contributed by atoms with Crippen LogP contribution in [0.25, 0.3) is 0 Å². The Balaban J connectivity index is 3.57. The third-order valence-corrected chi connectivity index (χ3v) is 1.94. The van der Waals surface area contributed by atoms with Crippen LogP contribution in [0.2, 0.25) is 0 Å². The highest BCUT2D eigenvalue weighted by Crippen LogP contribution is 2.39. The lowest BCUT2D eigenvalue weighted by Crippen LogP contribution is -2.15. The fraction of sp³-hybridized carbons (Fsp3) is 0.300. The Morgan fingerprint density at radius 1 is 0.895 bits per heavy atom. The van der Waals surface area contributed by atoms with E-state index in [1.54, 1.807) is 0 Å². The monoisotopic (exact) mass is 288 g/mol. The van der Waals surface area contributed by atoms with Gasteiger partial charge in [0.05, 0.1) is 6.34 Å². The van der Waals surface area contributed by atoms with Crippen molar-refractivity contribution in [3.8, 4) is 0 Å². The molecule has 0 N–H and O–H groups in total. The van der Waals surface area contributed by atoms with E-state index in [0.717, 1.165) is 6.34 Å². The van der Waals surface area contributed by atoms with Gasteiger partial charge in [-0.3, -0.25) is 0 Å². The fourth-order valence-corrected chi connectivity index (χ4v) is 1.16. The Kier molecular flexibility index (Phi) is 4.06. The first-order valence-electron chi connectivity index (χ1n) is 4.71. The molecule has 1 aromatic rings. The Bertz CT molecular complexity index is 491. The zero-order valence-electron chi connectivity index (χ0n) is 9.62. The maximum Gasteiger partial charge on any atom is 0.422 e. The number of benzene rings is 1. The highest BCUT2D eigenvalue weighted by Gasteiger charge is 2.42. The molecule has 0 aliphatic carbocycles. The van der Waals surface area contributed by atoms with Crippen molar-refractivity contribution in [2.45, 2.75) is 6.18 Å². The molecule has 0 saturated heterocycles. The lowest BCUT2D eigenvalue weighted by atomic mass is 10.1. The maximum atomic E-state index is 13.3. The normalized spacial score (nSPS) is 12.3. The van der Waals surface area contributed by atoms with Crippen LogP contribution in [-0.4, -0.2) is 25.3 Å². The smallest absolute Gasteiger partial charge is 0.369 e. The van der Waals surface area contributed by atoms with E-state index in [1.165, 1.54) is 19.0 Å². The van der Waals surface area contributed by atoms with Gasteiger partial charge in [-0.25, -0.2) is 22.6 Å². The first-order chi connectivity index (χ1) is 8.57. The quantitative estimate of drug-likeness (QED) is 0.352. The third kappa shape index (κ3) is 2.96. The van der Waals surface area contributed by atoms with Gasteiger partial charge in [0.25, 0.3) is 0 Å². The molecule has 0 aromatic heterocycles. The van der Waals surface area contributed by atoms with Crippen molar-refractivity contribution >= 4 is 12.0 Å². The van der Waals surface area contributed by atoms with Crippen molar-refractivity contribution in [3.63, 3.8) is 0 Å². The minimum atomic E-state index is -5.56. The van der Waals surface area contributed by atoms with Crippen LogP contribution in [0.3, 0.4) is 0 Å². The molecule has 0 bridgehead atoms. The Labute approximate surface area is 103 Å². The van der Waals surface area contributed by atoms with Gasteiger partial charge in [0.1, 0.15) is 11.3 Å². The Morgan fingerprint density at radius 3 is 1.63 bits per heavy atom. The van der Waals surface area contributed by atoms with E-state index in [0.29, 0.717) is 0 Å². The topological polar surface area (TPSA) is 15.6 Å². The summed E-state index contributed by atoms with van der Waals surface area (Å²) in [5.41, 5.74) is -4.08. The van der Waals surface area contributed by atoms with Crippen molar-refractivity contribution in [1.82, 2.24) is 4.90 Å². The summed E-state index contributed by atoms with van der Waals surface area (Å²) in [5, 5.41) is 0. The summed E-state index contributed by atoms with van der Waals surface area (Å²) in [4.78, 5) is 4.23. The molecule has 0 heterocycles. The van der Waals surface area contributed by atoms with E-state index in [9.17, 15) is 30.7 Å². The van der Waals surface area contributed by atoms with E-state index in [2.05, 4.69) is 4.99 Å². The van der Waals surface area contributed by atoms with E-state index in [4.69, 9.17) is 0 Å². The minimum absolute atomic E-state index is 0.785. The van der Waals surface area contributed by atoms with Crippen molar-refractivity contribution < 1.29 is 30.7 Å². The van der Waals surface area contributed by atoms with E-state index >= 15 is 0 Å². The molecule has 1 rings (SSSR count). The number of rotatable bonds is 2. The fourth-order valence-electron chi connectivity index (χ4n) is 1.16. The van der Waals surface area contributed by atoms with Crippen LogP contribution in [0, 0.1) is 23.3 Å². The standard InChI is InChI=1S/C10H7F7N2/c1-19(2)3-18-9-7(13)5(11)4(10(15,16)17)6(12)8(9)14/h3H,1-2H3. The lowest BCUT2D eigenvalue weighted by Gasteiger charge is -2.12. The van der Waals surface area contributed by atoms with Crippen molar-refractivity contribution in [2.75, 3.05) is 14.1 Å². The van der Waals surface area contributed by atoms with Crippen LogP contribution < -0.4 is 0 Å². The predicted molar refractivity (Wildman–Crippen MR) is 53.1 cm³/mol. The summed E-state index contributed by atoms with van der Waals surface area (Å²) >= 11 is 0. The lowest BCUT2D eigenvalue weighted by molar-refractivity contribution is -0.143. The summed E-state index contributed by atoms with van der Waals surface area (Å²) in [6.07, 6.45) is -4.77. The van der Waals surface area contributed by atoms with E-state index in [1.807, 2.05) is 0 Å². The van der Waals surface area contributed by atoms with E-state index in [-0.39, 0.29) is 0 Å². The molecule has 0 atom stereocenters. The second-order valence-electron chi connectivity index (χ2n) is 3.69. The van der Waals surface area contributed by atoms with Crippen molar-refractivity contribution in [1.29, 1.82) is 0 Å². The summed E-state index contributed by atoms with van der Waals surface area (Å²) in [6.45, 7) is 0. The Hall–Kier alpha value is -1.80. The first-order valence-corrected chi connectivity index (χ1v) is 4.71. The molecule has 0 aliphatic heterocycles. The third-order valence-electron chi connectivity index (χ3n) is 1.94. The molecular weight excluding hydrogens is 281 g/mol.